The van der Waals surface area contributed by atoms with Crippen molar-refractivity contribution in [1.82, 2.24) is 0 Å². The van der Waals surface area contributed by atoms with Crippen LogP contribution in [0, 0.1) is 0 Å². The summed E-state index contributed by atoms with van der Waals surface area (Å²) in [5, 5.41) is 4.42. The van der Waals surface area contributed by atoms with E-state index in [1.54, 1.807) is 36.4 Å². The minimum absolute atomic E-state index is 0.00784. The van der Waals surface area contributed by atoms with Gasteiger partial charge in [0.05, 0.1) is 17.8 Å². The van der Waals surface area contributed by atoms with Gasteiger partial charge in [0, 0.05) is 16.3 Å². The molecular weight excluding hydrogens is 569 g/mol. The van der Waals surface area contributed by atoms with Gasteiger partial charge in [-0.15, -0.1) is 0 Å². The van der Waals surface area contributed by atoms with Crippen LogP contribution < -0.4 is 0 Å². The van der Waals surface area contributed by atoms with Crippen LogP contribution in [-0.4, -0.2) is 0 Å². The van der Waals surface area contributed by atoms with E-state index in [1.165, 1.54) is 6.07 Å². The molecule has 0 radical (unpaired) electrons. The van der Waals surface area contributed by atoms with Gasteiger partial charge in [-0.25, -0.2) is 0 Å². The van der Waals surface area contributed by atoms with Gasteiger partial charge in [0.25, 0.3) is 0 Å². The molecule has 0 saturated carbocycles. The summed E-state index contributed by atoms with van der Waals surface area (Å²) in [6.45, 7) is 0. The van der Waals surface area contributed by atoms with Crippen molar-refractivity contribution in [1.29, 1.82) is 0 Å². The molecule has 218 valence electrons. The monoisotopic (exact) mass is 609 g/mol. The number of benzene rings is 9. The zero-order valence-electron chi connectivity index (χ0n) is 37.6. The Bertz CT molecular complexity index is 3480. The average Bonchev–Trinajstić information content (AvgIpc) is 3.66. The Morgan fingerprint density at radius 1 is 0.383 bits per heavy atom. The van der Waals surface area contributed by atoms with Crippen LogP contribution in [0.25, 0.3) is 98.4 Å². The number of hydrogen-bond acceptors (Lipinski definition) is 1. The van der Waals surface area contributed by atoms with Crippen LogP contribution >= 0.6 is 0 Å². The summed E-state index contributed by atoms with van der Waals surface area (Å²) in [6.07, 6.45) is 0. The lowest BCUT2D eigenvalue weighted by Gasteiger charge is -2.20. The minimum Gasteiger partial charge on any atom is -0.455 e. The molecule has 0 atom stereocenters. The third-order valence-corrected chi connectivity index (χ3v) is 9.00. The van der Waals surface area contributed by atoms with E-state index in [0.717, 1.165) is 16.2 Å². The minimum atomic E-state index is -0.563. The largest absolute Gasteiger partial charge is 0.455 e. The van der Waals surface area contributed by atoms with Gasteiger partial charge in [0.2, 0.25) is 0 Å². The number of rotatable bonds is 3. The van der Waals surface area contributed by atoms with Crippen molar-refractivity contribution in [3.05, 3.63) is 170 Å². The van der Waals surface area contributed by atoms with E-state index in [-0.39, 0.29) is 54.9 Å². The van der Waals surface area contributed by atoms with Gasteiger partial charge in [-0.3, -0.25) is 0 Å². The van der Waals surface area contributed by atoms with E-state index in [1.807, 2.05) is 48.5 Å². The molecule has 0 saturated heterocycles. The average molecular weight is 610 g/mol. The lowest BCUT2D eigenvalue weighted by molar-refractivity contribution is 0.670. The maximum Gasteiger partial charge on any atom is 0.143 e. The summed E-state index contributed by atoms with van der Waals surface area (Å²) in [7, 11) is 0. The fourth-order valence-corrected chi connectivity index (χ4v) is 7.04. The van der Waals surface area contributed by atoms with Crippen LogP contribution in [0.3, 0.4) is 0 Å². The molecule has 0 aliphatic rings. The Kier molecular flexibility index (Phi) is 3.55. The van der Waals surface area contributed by atoms with Gasteiger partial charge in [0.15, 0.2) is 0 Å². The number of fused-ring (bicyclic) bond motifs is 8. The molecule has 0 unspecified atom stereocenters. The second kappa shape index (κ2) is 10.2. The third-order valence-electron chi connectivity index (χ3n) is 9.00. The Morgan fingerprint density at radius 2 is 0.979 bits per heavy atom. The summed E-state index contributed by atoms with van der Waals surface area (Å²) in [5.41, 5.74) is 1.63. The molecule has 1 nitrogen and oxygen atoms in total. The lowest BCUT2D eigenvalue weighted by atomic mass is 9.83. The van der Waals surface area contributed by atoms with Crippen molar-refractivity contribution < 1.29 is 22.2 Å². The van der Waals surface area contributed by atoms with Crippen LogP contribution in [0.4, 0.5) is 0 Å². The maximum absolute atomic E-state index is 9.56. The number of hydrogen-bond donors (Lipinski definition) is 0. The van der Waals surface area contributed by atoms with Gasteiger partial charge in [-0.1, -0.05) is 157 Å². The van der Waals surface area contributed by atoms with E-state index in [2.05, 4.69) is 0 Å². The fourth-order valence-electron chi connectivity index (χ4n) is 7.04. The summed E-state index contributed by atoms with van der Waals surface area (Å²) in [6, 6.07) is 21.0. The first-order valence-corrected chi connectivity index (χ1v) is 15.1. The second-order valence-electron chi connectivity index (χ2n) is 11.4. The summed E-state index contributed by atoms with van der Waals surface area (Å²) in [5.74, 6) is 0. The van der Waals surface area contributed by atoms with Crippen molar-refractivity contribution in [2.45, 2.75) is 0 Å². The van der Waals surface area contributed by atoms with Crippen LogP contribution in [0.5, 0.6) is 0 Å². The molecule has 0 spiro atoms. The molecule has 0 aliphatic carbocycles. The highest BCUT2D eigenvalue weighted by Crippen LogP contribution is 2.49. The molecule has 0 N–H and O–H groups in total. The highest BCUT2D eigenvalue weighted by atomic mass is 16.3. The Hall–Kier alpha value is -6.18. The molecule has 0 bridgehead atoms. The van der Waals surface area contributed by atoms with Crippen LogP contribution in [0.2, 0.25) is 0 Å². The molecule has 0 fully saturated rings. The number of furan rings is 1. The highest BCUT2D eigenvalue weighted by Gasteiger charge is 2.22. The summed E-state index contributed by atoms with van der Waals surface area (Å²) < 4.78 is 123. The Morgan fingerprint density at radius 3 is 1.72 bits per heavy atom. The van der Waals surface area contributed by atoms with Crippen molar-refractivity contribution in [2.75, 3.05) is 0 Å². The smallest absolute Gasteiger partial charge is 0.143 e. The van der Waals surface area contributed by atoms with E-state index < -0.39 is 78.6 Å². The first kappa shape index (κ1) is 16.4. The Labute approximate surface area is 290 Å². The standard InChI is InChI=1S/C46H28O/c1-2-13-29(14-3-1)32-27-28-41(45-40-21-10-11-24-42(40)47-46(32)45)44-38-19-8-6-17-36(38)43(37-18-7-9-20-39(37)44)35-23-12-22-33-31-16-5-4-15-30(31)25-26-34(33)35/h1-28H/i1D,2D,3D,6D,7D,8D,9D,13D,14D,17D,18D,19D,20D. The first-order chi connectivity index (χ1) is 28.7. The quantitative estimate of drug-likeness (QED) is 0.143. The van der Waals surface area contributed by atoms with E-state index in [9.17, 15) is 5.48 Å². The first-order valence-electron chi connectivity index (χ1n) is 21.6. The Balaban J connectivity index is 1.48. The molecular formula is C46H28O. The van der Waals surface area contributed by atoms with Gasteiger partial charge in [-0.2, -0.15) is 0 Å². The van der Waals surface area contributed by atoms with Crippen molar-refractivity contribution >= 4 is 65.0 Å². The SMILES string of the molecule is [2H]c1c([2H])c([2H])c(-c2ccc(-c3c4c([2H])c([2H])c([2H])c([2H])c4c(-c4cccc5c4ccc4ccccc45)c4c([2H])c([2H])c([2H])c([2H])c34)c3c2oc2ccccc23)c([2H])c1[2H]. The molecule has 47 heavy (non-hydrogen) atoms. The zero-order chi connectivity index (χ0) is 42.2. The van der Waals surface area contributed by atoms with Gasteiger partial charge >= 0.3 is 0 Å². The van der Waals surface area contributed by atoms with Crippen LogP contribution in [-0.2, 0) is 0 Å². The summed E-state index contributed by atoms with van der Waals surface area (Å²) in [4.78, 5) is 0. The van der Waals surface area contributed by atoms with Crippen LogP contribution in [0.15, 0.2) is 174 Å². The molecule has 0 aliphatic heterocycles. The van der Waals surface area contributed by atoms with E-state index in [0.29, 0.717) is 27.3 Å². The molecule has 1 heterocycles. The van der Waals surface area contributed by atoms with E-state index in [4.69, 9.17) is 16.8 Å². The lowest BCUT2D eigenvalue weighted by Crippen LogP contribution is -1.92. The second-order valence-corrected chi connectivity index (χ2v) is 11.4. The summed E-state index contributed by atoms with van der Waals surface area (Å²) >= 11 is 0. The van der Waals surface area contributed by atoms with E-state index >= 15 is 0 Å². The van der Waals surface area contributed by atoms with Crippen molar-refractivity contribution in [3.63, 3.8) is 0 Å². The molecule has 9 aromatic carbocycles. The maximum atomic E-state index is 9.56. The molecule has 1 heteroatoms. The number of para-hydroxylation sites is 1. The fraction of sp³-hybridized carbons (Fsp3) is 0. The van der Waals surface area contributed by atoms with Crippen molar-refractivity contribution in [3.8, 4) is 33.4 Å². The normalized spacial score (nSPS) is 15.7. The van der Waals surface area contributed by atoms with Gasteiger partial charge in [0.1, 0.15) is 11.2 Å². The predicted octanol–water partition coefficient (Wildman–Crippen LogP) is 13.2. The topological polar surface area (TPSA) is 13.1 Å². The molecule has 10 rings (SSSR count). The zero-order valence-corrected chi connectivity index (χ0v) is 24.6. The van der Waals surface area contributed by atoms with Crippen LogP contribution in [0.1, 0.15) is 17.8 Å². The molecule has 1 aromatic heterocycles. The van der Waals surface area contributed by atoms with Gasteiger partial charge < -0.3 is 4.42 Å². The highest BCUT2D eigenvalue weighted by molar-refractivity contribution is 6.28. The third kappa shape index (κ3) is 3.84. The van der Waals surface area contributed by atoms with Gasteiger partial charge in [-0.05, 0) is 83.0 Å². The van der Waals surface area contributed by atoms with Crippen molar-refractivity contribution in [2.24, 2.45) is 0 Å². The molecule has 0 amide bonds. The molecule has 10 aromatic rings. The predicted molar refractivity (Wildman–Crippen MR) is 200 cm³/mol.